The van der Waals surface area contributed by atoms with Crippen LogP contribution in [-0.2, 0) is 4.43 Å². The summed E-state index contributed by atoms with van der Waals surface area (Å²) in [6.07, 6.45) is 0. The maximum absolute atomic E-state index is 7.70. The summed E-state index contributed by atoms with van der Waals surface area (Å²) in [6.45, 7) is 73.5. The quantitative estimate of drug-likeness (QED) is 0.250. The Hall–Kier alpha value is 0.481. The maximum Gasteiger partial charge on any atom is 0.198 e. The van der Waals surface area contributed by atoms with E-state index in [1.54, 1.807) is 10.4 Å². The first-order chi connectivity index (χ1) is 21.4. The topological polar surface area (TPSA) is 9.23 Å². The SMILES string of the molecule is CO[Si](c1ccc([Si]([Si](C)(C(C)(C)C)C(C)(C)C)[Si](C)(C(C)(C)C)C(C)(C)C)cc1)([Si](C)(C(C)(C)C)C(C)(C)C)[Si](C)(C(C)(C)C)C(C)(C)C. The van der Waals surface area contributed by atoms with Crippen LogP contribution in [0.15, 0.2) is 24.3 Å². The molecule has 0 saturated heterocycles. The van der Waals surface area contributed by atoms with E-state index in [2.05, 4.69) is 224 Å². The molecular weight excluding hydrogens is 701 g/mol. The Balaban J connectivity index is 4.87. The van der Waals surface area contributed by atoms with Crippen molar-refractivity contribution < 1.29 is 4.43 Å². The summed E-state index contributed by atoms with van der Waals surface area (Å²) in [7, 11) is -10.0. The van der Waals surface area contributed by atoms with Gasteiger partial charge in [-0.2, -0.15) is 0 Å². The van der Waals surface area contributed by atoms with E-state index in [-0.39, 0.29) is 40.3 Å². The van der Waals surface area contributed by atoms with Crippen LogP contribution in [-0.4, -0.2) is 52.7 Å². The molecule has 0 aliphatic rings. The molecular formula is C43H91OSi6. The molecule has 1 aromatic rings. The van der Waals surface area contributed by atoms with Crippen LogP contribution >= 0.6 is 0 Å². The largest absolute Gasteiger partial charge is 0.421 e. The highest BCUT2D eigenvalue weighted by atomic mass is 29.7. The fraction of sp³-hybridized carbons (Fsp3) is 0.860. The van der Waals surface area contributed by atoms with Crippen molar-refractivity contribution in [3.05, 3.63) is 24.3 Å². The molecule has 50 heavy (non-hydrogen) atoms. The molecule has 0 fully saturated rings. The van der Waals surface area contributed by atoms with Gasteiger partial charge in [0.05, 0.1) is 38.2 Å². The third-order valence-electron chi connectivity index (χ3n) is 16.3. The molecule has 1 radical (unpaired) electrons. The first-order valence-corrected chi connectivity index (χ1v) is 37.3. The molecule has 1 aromatic carbocycles. The van der Waals surface area contributed by atoms with Gasteiger partial charge in [-0.05, 0) is 45.5 Å². The number of hydrogen-bond acceptors (Lipinski definition) is 1. The Labute approximate surface area is 322 Å². The molecule has 1 rings (SSSR count). The van der Waals surface area contributed by atoms with Crippen molar-refractivity contribution in [1.82, 2.24) is 0 Å². The molecule has 7 heteroatoms. The molecule has 0 heterocycles. The van der Waals surface area contributed by atoms with Crippen LogP contribution in [0.5, 0.6) is 0 Å². The minimum Gasteiger partial charge on any atom is -0.421 e. The molecule has 0 aliphatic carbocycles. The van der Waals surface area contributed by atoms with Crippen molar-refractivity contribution >= 4 is 55.9 Å². The van der Waals surface area contributed by atoms with Gasteiger partial charge >= 0.3 is 0 Å². The highest BCUT2D eigenvalue weighted by Crippen LogP contribution is 2.65. The smallest absolute Gasteiger partial charge is 0.198 e. The highest BCUT2D eigenvalue weighted by molar-refractivity contribution is 7.73. The summed E-state index contributed by atoms with van der Waals surface area (Å²) in [5.74, 6) is 0. The first kappa shape index (κ1) is 48.5. The van der Waals surface area contributed by atoms with Crippen molar-refractivity contribution in [2.75, 3.05) is 7.11 Å². The van der Waals surface area contributed by atoms with Crippen LogP contribution < -0.4 is 10.4 Å². The monoisotopic (exact) mass is 792 g/mol. The number of hydrogen-bond donors (Lipinski definition) is 0. The van der Waals surface area contributed by atoms with Gasteiger partial charge in [0.1, 0.15) is 0 Å². The summed E-state index contributed by atoms with van der Waals surface area (Å²) in [5, 5.41) is 5.11. The van der Waals surface area contributed by atoms with Gasteiger partial charge in [0, 0.05) is 7.11 Å². The highest BCUT2D eigenvalue weighted by Gasteiger charge is 2.77. The average molecular weight is 793 g/mol. The van der Waals surface area contributed by atoms with E-state index in [0.29, 0.717) is 0 Å². The summed E-state index contributed by atoms with van der Waals surface area (Å²) in [6, 6.07) is 10.9. The number of rotatable bonds is 7. The van der Waals surface area contributed by atoms with E-state index >= 15 is 0 Å². The van der Waals surface area contributed by atoms with Crippen molar-refractivity contribution in [3.8, 4) is 0 Å². The summed E-state index contributed by atoms with van der Waals surface area (Å²) in [5.41, 5.74) is 0. The first-order valence-electron chi connectivity index (χ1n) is 19.9. The normalized spacial score (nSPS) is 16.4. The predicted molar refractivity (Wildman–Crippen MR) is 248 cm³/mol. The van der Waals surface area contributed by atoms with E-state index in [1.165, 1.54) is 0 Å². The van der Waals surface area contributed by atoms with Gasteiger partial charge in [-0.25, -0.2) is 0 Å². The third kappa shape index (κ3) is 6.94. The van der Waals surface area contributed by atoms with Crippen molar-refractivity contribution in [2.45, 2.75) is 233 Å². The molecule has 0 amide bonds. The Bertz CT molecular complexity index is 1170. The van der Waals surface area contributed by atoms with Crippen LogP contribution in [0.4, 0.5) is 0 Å². The zero-order valence-electron chi connectivity index (χ0n) is 39.7. The standard InChI is InChI=1S/C43H91OSi6/c1-36(2,3)46(26,37(4,5)6)45(47(27,38(7,8)9)39(10,11)12)34-30-32-35(33-31-34)50(44-25,48(28,40(13,14)15)41(16,17)18)49(29,42(19,20)21)43(22,23)24/h30-33H,1-29H3. The second kappa shape index (κ2) is 13.6. The lowest BCUT2D eigenvalue weighted by Gasteiger charge is -2.69. The summed E-state index contributed by atoms with van der Waals surface area (Å²) >= 11 is 0. The van der Waals surface area contributed by atoms with Gasteiger partial charge < -0.3 is 4.43 Å². The van der Waals surface area contributed by atoms with Crippen molar-refractivity contribution in [1.29, 1.82) is 0 Å². The molecule has 0 spiro atoms. The molecule has 0 aromatic heterocycles. The Morgan fingerprint density at radius 1 is 0.380 bits per heavy atom. The van der Waals surface area contributed by atoms with E-state index in [0.717, 1.165) is 0 Å². The third-order valence-corrected chi connectivity index (χ3v) is 103. The fourth-order valence-electron chi connectivity index (χ4n) is 11.7. The van der Waals surface area contributed by atoms with Crippen LogP contribution in [0.1, 0.15) is 166 Å². The maximum atomic E-state index is 7.70. The second-order valence-electron chi connectivity index (χ2n) is 25.3. The van der Waals surface area contributed by atoms with Crippen molar-refractivity contribution in [3.63, 3.8) is 0 Å². The molecule has 293 valence electrons. The molecule has 1 nitrogen and oxygen atoms in total. The Morgan fingerprint density at radius 3 is 0.760 bits per heavy atom. The minimum absolute atomic E-state index is 0.166. The van der Waals surface area contributed by atoms with Crippen LogP contribution in [0.2, 0.25) is 66.5 Å². The van der Waals surface area contributed by atoms with E-state index in [9.17, 15) is 0 Å². The lowest BCUT2D eigenvalue weighted by atomic mass is 10.2. The van der Waals surface area contributed by atoms with E-state index < -0.39 is 45.5 Å². The van der Waals surface area contributed by atoms with Gasteiger partial charge in [0.25, 0.3) is 0 Å². The molecule has 0 atom stereocenters. The van der Waals surface area contributed by atoms with Crippen LogP contribution in [0.3, 0.4) is 0 Å². The lowest BCUT2D eigenvalue weighted by molar-refractivity contribution is 0.420. The number of benzene rings is 1. The van der Waals surface area contributed by atoms with Crippen molar-refractivity contribution in [2.24, 2.45) is 0 Å². The van der Waals surface area contributed by atoms with Gasteiger partial charge in [-0.3, -0.25) is 0 Å². The summed E-state index contributed by atoms with van der Waals surface area (Å²) in [4.78, 5) is 0. The van der Waals surface area contributed by atoms with Gasteiger partial charge in [-0.15, -0.1) is 0 Å². The summed E-state index contributed by atoms with van der Waals surface area (Å²) < 4.78 is 7.70. The Kier molecular flexibility index (Phi) is 13.2. The molecule has 0 N–H and O–H groups in total. The zero-order chi connectivity index (χ0) is 40.8. The predicted octanol–water partition coefficient (Wildman–Crippen LogP) is 14.2. The lowest BCUT2D eigenvalue weighted by Crippen LogP contribution is -2.90. The molecule has 0 saturated carbocycles. The van der Waals surface area contributed by atoms with Crippen LogP contribution in [0, 0.1) is 0 Å². The fourth-order valence-corrected chi connectivity index (χ4v) is 118. The molecule has 0 unspecified atom stereocenters. The zero-order valence-corrected chi connectivity index (χ0v) is 45.7. The Morgan fingerprint density at radius 2 is 0.600 bits per heavy atom. The van der Waals surface area contributed by atoms with E-state index in [4.69, 9.17) is 4.43 Å². The average Bonchev–Trinajstić information content (AvgIpc) is 2.84. The van der Waals surface area contributed by atoms with E-state index in [1.807, 2.05) is 0 Å². The molecule has 0 bridgehead atoms. The molecule has 0 aliphatic heterocycles. The van der Waals surface area contributed by atoms with Crippen LogP contribution in [0.25, 0.3) is 0 Å². The van der Waals surface area contributed by atoms with Gasteiger partial charge in [-0.1, -0.05) is 222 Å². The minimum atomic E-state index is -2.68. The van der Waals surface area contributed by atoms with Gasteiger partial charge in [0.15, 0.2) is 7.35 Å². The van der Waals surface area contributed by atoms with Gasteiger partial charge in [0.2, 0.25) is 0 Å². The second-order valence-corrected chi connectivity index (χ2v) is 72.2.